The highest BCUT2D eigenvalue weighted by Crippen LogP contribution is 2.28. The number of nitrogens with one attached hydrogen (secondary N) is 2. The van der Waals surface area contributed by atoms with Gasteiger partial charge in [-0.3, -0.25) is 14.4 Å². The Balaban J connectivity index is 1.17. The molecular formula is C37H27N3O5. The molecule has 0 unspecified atom stereocenters. The summed E-state index contributed by atoms with van der Waals surface area (Å²) in [5.74, 6) is 0.179. The normalized spacial score (nSPS) is 11.0. The number of aromatic nitrogens is 2. The fraction of sp³-hybridized carbons (Fsp3) is 0.0270. The van der Waals surface area contributed by atoms with Crippen molar-refractivity contribution in [3.8, 4) is 22.9 Å². The molecule has 0 spiro atoms. The Bertz CT molecular complexity index is 2080. The first-order valence-electron chi connectivity index (χ1n) is 14.1. The minimum Gasteiger partial charge on any atom is -0.504 e. The minimum absolute atomic E-state index is 0.0182. The van der Waals surface area contributed by atoms with Crippen LogP contribution < -0.4 is 10.1 Å². The first-order valence-corrected chi connectivity index (χ1v) is 14.1. The number of anilines is 1. The van der Waals surface area contributed by atoms with Crippen LogP contribution in [0.1, 0.15) is 42.2 Å². The maximum absolute atomic E-state index is 13.4. The number of allylic oxidation sites excluding steroid dienone is 1. The first kappa shape index (κ1) is 28.8. The van der Waals surface area contributed by atoms with Crippen LogP contribution in [0.25, 0.3) is 28.5 Å². The second-order valence-electron chi connectivity index (χ2n) is 10.2. The Morgan fingerprint density at radius 2 is 1.53 bits per heavy atom. The quantitative estimate of drug-likeness (QED) is 0.119. The third-order valence-electron chi connectivity index (χ3n) is 7.27. The van der Waals surface area contributed by atoms with Gasteiger partial charge < -0.3 is 20.1 Å². The molecule has 0 saturated heterocycles. The Morgan fingerprint density at radius 3 is 2.31 bits per heavy atom. The van der Waals surface area contributed by atoms with E-state index >= 15 is 0 Å². The number of carbonyl (C=O) groups excluding carboxylic acids is 3. The number of hydrogen-bond acceptors (Lipinski definition) is 6. The van der Waals surface area contributed by atoms with E-state index in [1.165, 1.54) is 19.3 Å². The van der Waals surface area contributed by atoms with Crippen LogP contribution in [0.2, 0.25) is 0 Å². The van der Waals surface area contributed by atoms with Gasteiger partial charge in [-0.2, -0.15) is 0 Å². The van der Waals surface area contributed by atoms with E-state index in [1.807, 2.05) is 30.3 Å². The lowest BCUT2D eigenvalue weighted by atomic mass is 10.0. The van der Waals surface area contributed by atoms with Gasteiger partial charge in [0.2, 0.25) is 0 Å². The van der Waals surface area contributed by atoms with Crippen molar-refractivity contribution < 1.29 is 24.2 Å². The molecular weight excluding hydrogens is 566 g/mol. The topological polar surface area (TPSA) is 121 Å². The van der Waals surface area contributed by atoms with Crippen molar-refractivity contribution in [2.45, 2.75) is 0 Å². The lowest BCUT2D eigenvalue weighted by Gasteiger charge is -2.09. The van der Waals surface area contributed by atoms with Crippen LogP contribution in [-0.4, -0.2) is 39.7 Å². The zero-order chi connectivity index (χ0) is 31.3. The molecule has 6 aromatic rings. The summed E-state index contributed by atoms with van der Waals surface area (Å²) in [5.41, 5.74) is 5.15. The smallest absolute Gasteiger partial charge is 0.256 e. The lowest BCUT2D eigenvalue weighted by molar-refractivity contribution is 0.102. The summed E-state index contributed by atoms with van der Waals surface area (Å²) < 4.78 is 5.11. The number of fused-ring (bicyclic) bond motifs is 1. The Hall–Kier alpha value is -6.28. The SMILES string of the molecule is COc1cc(C=CC(=O)c2ccc(NC(=O)c3ccccc3-c3nc4cc(C(=O)c5ccccc5)ccc4[nH]3)cc2)ccc1O. The van der Waals surface area contributed by atoms with E-state index in [2.05, 4.69) is 10.3 Å². The molecule has 0 fully saturated rings. The molecule has 0 bridgehead atoms. The van der Waals surface area contributed by atoms with Crippen molar-refractivity contribution in [2.75, 3.05) is 12.4 Å². The summed E-state index contributed by atoms with van der Waals surface area (Å²) in [6.45, 7) is 0. The van der Waals surface area contributed by atoms with E-state index in [4.69, 9.17) is 9.72 Å². The first-order chi connectivity index (χ1) is 21.9. The molecule has 45 heavy (non-hydrogen) atoms. The molecule has 0 aliphatic carbocycles. The van der Waals surface area contributed by atoms with Gasteiger partial charge in [0.25, 0.3) is 5.91 Å². The number of ketones is 2. The minimum atomic E-state index is -0.341. The molecule has 220 valence electrons. The van der Waals surface area contributed by atoms with Gasteiger partial charge in [0, 0.05) is 27.9 Å². The van der Waals surface area contributed by atoms with Crippen LogP contribution in [0.4, 0.5) is 5.69 Å². The van der Waals surface area contributed by atoms with Crippen molar-refractivity contribution >= 4 is 40.3 Å². The summed E-state index contributed by atoms with van der Waals surface area (Å²) in [4.78, 5) is 47.0. The molecule has 0 aliphatic rings. The molecule has 0 atom stereocenters. The zero-order valence-electron chi connectivity index (χ0n) is 24.2. The predicted octanol–water partition coefficient (Wildman–Crippen LogP) is 7.32. The number of ether oxygens (including phenoxy) is 1. The molecule has 1 aromatic heterocycles. The fourth-order valence-electron chi connectivity index (χ4n) is 4.90. The van der Waals surface area contributed by atoms with E-state index in [0.29, 0.717) is 56.2 Å². The van der Waals surface area contributed by atoms with Gasteiger partial charge in [0.15, 0.2) is 23.1 Å². The molecule has 0 radical (unpaired) electrons. The summed E-state index contributed by atoms with van der Waals surface area (Å²) in [6, 6.07) is 32.9. The van der Waals surface area contributed by atoms with Crippen LogP contribution in [0.15, 0.2) is 121 Å². The molecule has 8 heteroatoms. The van der Waals surface area contributed by atoms with Crippen molar-refractivity contribution in [2.24, 2.45) is 0 Å². The Morgan fingerprint density at radius 1 is 0.800 bits per heavy atom. The molecule has 0 saturated carbocycles. The molecule has 3 N–H and O–H groups in total. The average Bonchev–Trinajstić information content (AvgIpc) is 3.51. The average molecular weight is 594 g/mol. The number of aromatic hydroxyl groups is 1. The number of phenols is 1. The molecule has 1 heterocycles. The van der Waals surface area contributed by atoms with Crippen molar-refractivity contribution in [3.05, 3.63) is 149 Å². The van der Waals surface area contributed by atoms with Crippen LogP contribution in [0.3, 0.4) is 0 Å². The third kappa shape index (κ3) is 6.25. The van der Waals surface area contributed by atoms with Gasteiger partial charge in [0.05, 0.1) is 23.7 Å². The largest absolute Gasteiger partial charge is 0.504 e. The van der Waals surface area contributed by atoms with E-state index in [0.717, 1.165) is 5.52 Å². The Kier molecular flexibility index (Phi) is 8.02. The van der Waals surface area contributed by atoms with E-state index < -0.39 is 0 Å². The number of methoxy groups -OCH3 is 1. The number of phenolic OH excluding ortho intramolecular Hbond substituents is 1. The predicted molar refractivity (Wildman–Crippen MR) is 174 cm³/mol. The Labute approximate surface area is 258 Å². The third-order valence-corrected chi connectivity index (χ3v) is 7.27. The van der Waals surface area contributed by atoms with E-state index in [1.54, 1.807) is 84.9 Å². The zero-order valence-corrected chi connectivity index (χ0v) is 24.2. The monoisotopic (exact) mass is 593 g/mol. The van der Waals surface area contributed by atoms with Crippen LogP contribution >= 0.6 is 0 Å². The number of nitrogens with zero attached hydrogens (tertiary/aromatic N) is 1. The number of hydrogen-bond donors (Lipinski definition) is 3. The maximum Gasteiger partial charge on any atom is 0.256 e. The van der Waals surface area contributed by atoms with Gasteiger partial charge in [-0.05, 0) is 72.3 Å². The van der Waals surface area contributed by atoms with Crippen molar-refractivity contribution in [1.82, 2.24) is 9.97 Å². The maximum atomic E-state index is 13.4. The van der Waals surface area contributed by atoms with Crippen molar-refractivity contribution in [3.63, 3.8) is 0 Å². The van der Waals surface area contributed by atoms with Crippen molar-refractivity contribution in [1.29, 1.82) is 0 Å². The highest BCUT2D eigenvalue weighted by atomic mass is 16.5. The fourth-order valence-corrected chi connectivity index (χ4v) is 4.90. The lowest BCUT2D eigenvalue weighted by Crippen LogP contribution is -2.13. The van der Waals surface area contributed by atoms with Gasteiger partial charge in [-0.15, -0.1) is 0 Å². The van der Waals surface area contributed by atoms with Gasteiger partial charge in [0.1, 0.15) is 5.82 Å². The van der Waals surface area contributed by atoms with Gasteiger partial charge >= 0.3 is 0 Å². The highest BCUT2D eigenvalue weighted by Gasteiger charge is 2.17. The molecule has 8 nitrogen and oxygen atoms in total. The number of rotatable bonds is 9. The van der Waals surface area contributed by atoms with Gasteiger partial charge in [-0.25, -0.2) is 4.98 Å². The standard InChI is InChI=1S/C37H27N3O5/c1-45-34-21-23(12-20-33(34)42)11-19-32(41)24-13-16-27(17-14-24)38-37(44)29-10-6-5-9-28(29)36-39-30-18-15-26(22-31(30)40-36)35(43)25-7-3-2-4-8-25/h2-22,42H,1H3,(H,38,44)(H,39,40). The molecule has 6 rings (SSSR count). The summed E-state index contributed by atoms with van der Waals surface area (Å²) >= 11 is 0. The number of aromatic amines is 1. The molecule has 0 aliphatic heterocycles. The molecule has 1 amide bonds. The summed E-state index contributed by atoms with van der Waals surface area (Å²) in [5, 5.41) is 12.6. The van der Waals surface area contributed by atoms with Crippen LogP contribution in [0, 0.1) is 0 Å². The summed E-state index contributed by atoms with van der Waals surface area (Å²) in [6.07, 6.45) is 3.07. The van der Waals surface area contributed by atoms with Crippen LogP contribution in [-0.2, 0) is 0 Å². The van der Waals surface area contributed by atoms with E-state index in [9.17, 15) is 19.5 Å². The number of amides is 1. The van der Waals surface area contributed by atoms with Gasteiger partial charge in [-0.1, -0.05) is 60.7 Å². The second-order valence-corrected chi connectivity index (χ2v) is 10.2. The van der Waals surface area contributed by atoms with Crippen LogP contribution in [0.5, 0.6) is 11.5 Å². The summed E-state index contributed by atoms with van der Waals surface area (Å²) in [7, 11) is 1.46. The van der Waals surface area contributed by atoms with E-state index in [-0.39, 0.29) is 23.2 Å². The number of benzene rings is 5. The molecule has 5 aromatic carbocycles. The number of carbonyl (C=O) groups is 3. The second kappa shape index (κ2) is 12.5. The highest BCUT2D eigenvalue weighted by molar-refractivity contribution is 6.11. The number of H-pyrrole nitrogens is 1. The number of imidazole rings is 1.